The van der Waals surface area contributed by atoms with E-state index >= 15 is 0 Å². The lowest BCUT2D eigenvalue weighted by Crippen LogP contribution is -2.23. The van der Waals surface area contributed by atoms with Gasteiger partial charge in [-0.25, -0.2) is 0 Å². The van der Waals surface area contributed by atoms with Gasteiger partial charge in [0.1, 0.15) is 12.3 Å². The minimum absolute atomic E-state index is 0.110. The van der Waals surface area contributed by atoms with Crippen molar-refractivity contribution in [1.29, 1.82) is 0 Å². The van der Waals surface area contributed by atoms with Gasteiger partial charge in [-0.15, -0.1) is 11.8 Å². The Morgan fingerprint density at radius 1 is 1.22 bits per heavy atom. The van der Waals surface area contributed by atoms with Crippen LogP contribution in [0.5, 0.6) is 5.75 Å². The van der Waals surface area contributed by atoms with Crippen molar-refractivity contribution in [3.63, 3.8) is 0 Å². The highest BCUT2D eigenvalue weighted by molar-refractivity contribution is 7.99. The molecule has 32 heavy (non-hydrogen) atoms. The van der Waals surface area contributed by atoms with Crippen molar-refractivity contribution in [2.45, 2.75) is 24.8 Å². The number of aromatic nitrogens is 1. The van der Waals surface area contributed by atoms with E-state index in [4.69, 9.17) is 9.47 Å². The van der Waals surface area contributed by atoms with E-state index < -0.39 is 10.9 Å². The molecule has 0 aliphatic carbocycles. The smallest absolute Gasteiger partial charge is 0.326 e. The van der Waals surface area contributed by atoms with Crippen LogP contribution >= 0.6 is 23.1 Å². The number of esters is 1. The van der Waals surface area contributed by atoms with Gasteiger partial charge >= 0.3 is 5.97 Å². The van der Waals surface area contributed by atoms with Gasteiger partial charge in [-0.3, -0.25) is 19.7 Å². The highest BCUT2D eigenvalue weighted by Gasteiger charge is 2.15. The number of nitro groups is 1. The fourth-order valence-electron chi connectivity index (χ4n) is 2.84. The molecule has 0 spiro atoms. The summed E-state index contributed by atoms with van der Waals surface area (Å²) >= 11 is 2.71. The zero-order valence-electron chi connectivity index (χ0n) is 17.5. The first-order valence-electron chi connectivity index (χ1n) is 9.69. The molecule has 0 radical (unpaired) electrons. The summed E-state index contributed by atoms with van der Waals surface area (Å²) in [5.74, 6) is 0.437. The zero-order valence-corrected chi connectivity index (χ0v) is 19.1. The topological polar surface area (TPSA) is 113 Å². The molecule has 0 saturated heterocycles. The van der Waals surface area contributed by atoms with Gasteiger partial charge in [0.2, 0.25) is 5.91 Å². The Labute approximate surface area is 191 Å². The molecule has 3 rings (SSSR count). The van der Waals surface area contributed by atoms with Crippen molar-refractivity contribution in [3.8, 4) is 5.75 Å². The van der Waals surface area contributed by atoms with Gasteiger partial charge in [-0.2, -0.15) is 4.99 Å². The van der Waals surface area contributed by atoms with Crippen LogP contribution in [0.4, 0.5) is 5.69 Å². The van der Waals surface area contributed by atoms with Crippen LogP contribution in [0.15, 0.2) is 52.4 Å². The summed E-state index contributed by atoms with van der Waals surface area (Å²) in [5.41, 5.74) is 0.345. The second-order valence-electron chi connectivity index (χ2n) is 6.46. The molecular formula is C21H21N3O6S2. The lowest BCUT2D eigenvalue weighted by Gasteiger charge is -2.05. The quantitative estimate of drug-likeness (QED) is 0.200. The molecule has 1 amide bonds. The highest BCUT2D eigenvalue weighted by atomic mass is 32.2. The predicted molar refractivity (Wildman–Crippen MR) is 122 cm³/mol. The molecular weight excluding hydrogens is 454 g/mol. The van der Waals surface area contributed by atoms with E-state index in [1.165, 1.54) is 39.8 Å². The summed E-state index contributed by atoms with van der Waals surface area (Å²) in [5, 5.41) is 11.2. The van der Waals surface area contributed by atoms with Gasteiger partial charge in [-0.1, -0.05) is 11.3 Å². The monoisotopic (exact) mass is 475 g/mol. The van der Waals surface area contributed by atoms with E-state index in [2.05, 4.69) is 4.99 Å². The number of nitrogens with zero attached hydrogens (tertiary/aromatic N) is 3. The number of hydrogen-bond donors (Lipinski definition) is 0. The van der Waals surface area contributed by atoms with Gasteiger partial charge in [-0.05, 0) is 37.3 Å². The first-order valence-corrected chi connectivity index (χ1v) is 11.5. The largest absolute Gasteiger partial charge is 0.497 e. The number of carbonyl (C=O) groups is 2. The molecule has 3 aromatic rings. The lowest BCUT2D eigenvalue weighted by molar-refractivity contribution is -0.384. The second kappa shape index (κ2) is 10.9. The van der Waals surface area contributed by atoms with E-state index in [1.54, 1.807) is 20.1 Å². The van der Waals surface area contributed by atoms with Gasteiger partial charge in [0.25, 0.3) is 5.69 Å². The van der Waals surface area contributed by atoms with Gasteiger partial charge in [0.05, 0.1) is 28.9 Å². The van der Waals surface area contributed by atoms with E-state index in [-0.39, 0.29) is 31.2 Å². The minimum Gasteiger partial charge on any atom is -0.497 e. The van der Waals surface area contributed by atoms with E-state index in [0.717, 1.165) is 10.6 Å². The van der Waals surface area contributed by atoms with E-state index in [9.17, 15) is 19.7 Å². The Hall–Kier alpha value is -3.18. The number of non-ortho nitro benzene ring substituents is 1. The highest BCUT2D eigenvalue weighted by Crippen LogP contribution is 2.24. The molecule has 0 N–H and O–H groups in total. The molecule has 0 atom stereocenters. The normalized spacial score (nSPS) is 11.5. The Morgan fingerprint density at radius 3 is 2.62 bits per heavy atom. The number of thioether (sulfide) groups is 1. The Balaban J connectivity index is 1.81. The molecule has 1 heterocycles. The zero-order chi connectivity index (χ0) is 23.1. The summed E-state index contributed by atoms with van der Waals surface area (Å²) in [7, 11) is 1.60. The summed E-state index contributed by atoms with van der Waals surface area (Å²) in [6.07, 6.45) is 0.199. The fourth-order valence-corrected chi connectivity index (χ4v) is 4.70. The number of carbonyl (C=O) groups excluding carboxylic acids is 2. The van der Waals surface area contributed by atoms with Crippen LogP contribution in [0, 0.1) is 10.1 Å². The van der Waals surface area contributed by atoms with Gasteiger partial charge in [0, 0.05) is 29.2 Å². The number of thiazole rings is 1. The molecule has 11 heteroatoms. The SMILES string of the molecule is CCOC(=O)Cn1c(=NC(=O)CCSc2ccc(OC)cc2)sc2ccc([N+](=O)[O-])cc21. The number of methoxy groups -OCH3 is 1. The Bertz CT molecular complexity index is 1200. The van der Waals surface area contributed by atoms with Crippen LogP contribution < -0.4 is 9.54 Å². The van der Waals surface area contributed by atoms with Crippen molar-refractivity contribution in [3.05, 3.63) is 57.4 Å². The number of benzene rings is 2. The summed E-state index contributed by atoms with van der Waals surface area (Å²) < 4.78 is 12.3. The fraction of sp³-hybridized carbons (Fsp3) is 0.286. The molecule has 0 saturated carbocycles. The number of hydrogen-bond acceptors (Lipinski definition) is 8. The van der Waals surface area contributed by atoms with Crippen molar-refractivity contribution in [1.82, 2.24) is 4.57 Å². The first-order chi connectivity index (χ1) is 15.4. The molecule has 2 aromatic carbocycles. The van der Waals surface area contributed by atoms with Crippen molar-refractivity contribution >= 4 is 50.9 Å². The minimum atomic E-state index is -0.511. The molecule has 0 fully saturated rings. The van der Waals surface area contributed by atoms with Crippen LogP contribution in [0.1, 0.15) is 13.3 Å². The van der Waals surface area contributed by atoms with E-state index in [0.29, 0.717) is 20.8 Å². The van der Waals surface area contributed by atoms with Crippen molar-refractivity contribution in [2.75, 3.05) is 19.5 Å². The van der Waals surface area contributed by atoms with Crippen LogP contribution in [-0.4, -0.2) is 40.8 Å². The third kappa shape index (κ3) is 5.95. The number of ether oxygens (including phenoxy) is 2. The Morgan fingerprint density at radius 2 is 1.97 bits per heavy atom. The van der Waals surface area contributed by atoms with Crippen molar-refractivity contribution in [2.24, 2.45) is 4.99 Å². The van der Waals surface area contributed by atoms with Gasteiger partial charge < -0.3 is 14.0 Å². The standard InChI is InChI=1S/C21H21N3O6S2/c1-3-30-20(26)13-23-17-12-14(24(27)28)4-9-18(17)32-21(23)22-19(25)10-11-31-16-7-5-15(29-2)6-8-16/h4-9,12H,3,10-11,13H2,1-2H3. The molecule has 0 aliphatic heterocycles. The second-order valence-corrected chi connectivity index (χ2v) is 8.64. The molecule has 1 aromatic heterocycles. The number of rotatable bonds is 9. The first kappa shape index (κ1) is 23.5. The number of amides is 1. The van der Waals surface area contributed by atoms with Crippen LogP contribution in [0.3, 0.4) is 0 Å². The summed E-state index contributed by atoms with van der Waals surface area (Å²) in [6, 6.07) is 11.9. The van der Waals surface area contributed by atoms with Crippen LogP contribution in [0.2, 0.25) is 0 Å². The third-order valence-corrected chi connectivity index (χ3v) is 6.41. The molecule has 9 nitrogen and oxygen atoms in total. The van der Waals surface area contributed by atoms with Crippen LogP contribution in [-0.2, 0) is 20.9 Å². The number of nitro benzene ring substituents is 1. The average molecular weight is 476 g/mol. The summed E-state index contributed by atoms with van der Waals surface area (Å²) in [4.78, 5) is 40.7. The molecule has 0 bridgehead atoms. The van der Waals surface area contributed by atoms with E-state index in [1.807, 2.05) is 24.3 Å². The predicted octanol–water partition coefficient (Wildman–Crippen LogP) is 3.79. The maximum absolute atomic E-state index is 12.5. The van der Waals surface area contributed by atoms with Crippen molar-refractivity contribution < 1.29 is 24.0 Å². The summed E-state index contributed by atoms with van der Waals surface area (Å²) in [6.45, 7) is 1.70. The maximum Gasteiger partial charge on any atom is 0.326 e. The third-order valence-electron chi connectivity index (χ3n) is 4.33. The Kier molecular flexibility index (Phi) is 8.01. The van der Waals surface area contributed by atoms with Gasteiger partial charge in [0.15, 0.2) is 4.80 Å². The molecule has 0 aliphatic rings. The lowest BCUT2D eigenvalue weighted by atomic mass is 10.3. The molecule has 0 unspecified atom stereocenters. The number of fused-ring (bicyclic) bond motifs is 1. The average Bonchev–Trinajstić information content (AvgIpc) is 3.10. The maximum atomic E-state index is 12.5. The van der Waals surface area contributed by atoms with Crippen LogP contribution in [0.25, 0.3) is 10.2 Å². The molecule has 168 valence electrons.